The van der Waals surface area contributed by atoms with Gasteiger partial charge >= 0.3 is 6.18 Å². The number of piperidine rings is 1. The number of carbonyl (C=O) groups is 1. The number of alkyl halides is 3. The van der Waals surface area contributed by atoms with Crippen molar-refractivity contribution in [1.82, 2.24) is 14.8 Å². The van der Waals surface area contributed by atoms with Crippen LogP contribution in [0.1, 0.15) is 42.7 Å². The number of halogens is 3. The van der Waals surface area contributed by atoms with Crippen molar-refractivity contribution in [3.63, 3.8) is 0 Å². The molecule has 0 bridgehead atoms. The molecule has 1 aromatic heterocycles. The van der Waals surface area contributed by atoms with Crippen LogP contribution in [0.5, 0.6) is 0 Å². The van der Waals surface area contributed by atoms with Gasteiger partial charge in [-0.15, -0.1) is 0 Å². The maximum Gasteiger partial charge on any atom is 0.416 e. The fourth-order valence-electron chi connectivity index (χ4n) is 4.36. The van der Waals surface area contributed by atoms with E-state index in [1.807, 2.05) is 11.8 Å². The Kier molecular flexibility index (Phi) is 5.86. The first-order valence-corrected chi connectivity index (χ1v) is 10.4. The Labute approximate surface area is 173 Å². The van der Waals surface area contributed by atoms with Crippen molar-refractivity contribution >= 4 is 5.91 Å². The van der Waals surface area contributed by atoms with Crippen LogP contribution in [-0.4, -0.2) is 46.9 Å². The second kappa shape index (κ2) is 8.41. The molecular formula is C22H26F3N3O2. The Morgan fingerprint density at radius 2 is 1.93 bits per heavy atom. The third kappa shape index (κ3) is 4.69. The molecule has 2 aliphatic heterocycles. The number of hydrogen-bond acceptors (Lipinski definition) is 4. The summed E-state index contributed by atoms with van der Waals surface area (Å²) < 4.78 is 44.0. The molecule has 0 spiro atoms. The molecule has 0 unspecified atom stereocenters. The minimum atomic E-state index is -4.36. The molecule has 2 aliphatic rings. The summed E-state index contributed by atoms with van der Waals surface area (Å²) in [5, 5.41) is 0. The molecule has 30 heavy (non-hydrogen) atoms. The molecule has 5 nitrogen and oxygen atoms in total. The lowest BCUT2D eigenvalue weighted by Crippen LogP contribution is -2.41. The van der Waals surface area contributed by atoms with Gasteiger partial charge in [0.15, 0.2) is 0 Å². The van der Waals surface area contributed by atoms with Gasteiger partial charge in [0.1, 0.15) is 5.76 Å². The van der Waals surface area contributed by atoms with Gasteiger partial charge in [0.05, 0.1) is 11.3 Å². The minimum absolute atomic E-state index is 0.264. The van der Waals surface area contributed by atoms with Crippen LogP contribution < -0.4 is 0 Å². The number of amides is 1. The van der Waals surface area contributed by atoms with Crippen molar-refractivity contribution in [2.75, 3.05) is 26.2 Å². The van der Waals surface area contributed by atoms with Crippen molar-refractivity contribution in [3.8, 4) is 11.5 Å². The highest BCUT2D eigenvalue weighted by Crippen LogP contribution is 2.31. The average molecular weight is 421 g/mol. The van der Waals surface area contributed by atoms with E-state index in [9.17, 15) is 18.0 Å². The van der Waals surface area contributed by atoms with Crippen molar-refractivity contribution in [1.29, 1.82) is 0 Å². The average Bonchev–Trinajstić information content (AvgIpc) is 3.27. The summed E-state index contributed by atoms with van der Waals surface area (Å²) in [5.74, 6) is 1.75. The van der Waals surface area contributed by atoms with Crippen LogP contribution in [0.25, 0.3) is 11.5 Å². The zero-order chi connectivity index (χ0) is 21.3. The minimum Gasteiger partial charge on any atom is -0.441 e. The number of rotatable bonds is 5. The molecule has 1 atom stereocenters. The number of nitrogens with zero attached hydrogens (tertiary/aromatic N) is 3. The Bertz CT molecular complexity index is 892. The molecule has 2 saturated heterocycles. The summed E-state index contributed by atoms with van der Waals surface area (Å²) in [6.07, 6.45) is -0.535. The molecule has 1 aromatic carbocycles. The second-order valence-electron chi connectivity index (χ2n) is 8.28. The Morgan fingerprint density at radius 3 is 2.60 bits per heavy atom. The summed E-state index contributed by atoms with van der Waals surface area (Å²) in [7, 11) is 0. The first-order chi connectivity index (χ1) is 14.3. The van der Waals surface area contributed by atoms with Gasteiger partial charge in [-0.25, -0.2) is 4.98 Å². The maximum absolute atomic E-state index is 12.8. The maximum atomic E-state index is 12.8. The first-order valence-electron chi connectivity index (χ1n) is 10.4. The normalized spacial score (nSPS) is 20.9. The van der Waals surface area contributed by atoms with Crippen LogP contribution in [0.3, 0.4) is 0 Å². The summed E-state index contributed by atoms with van der Waals surface area (Å²) >= 11 is 0. The quantitative estimate of drug-likeness (QED) is 0.713. The summed E-state index contributed by atoms with van der Waals surface area (Å²) in [6.45, 7) is 6.04. The van der Waals surface area contributed by atoms with Crippen molar-refractivity contribution in [3.05, 3.63) is 41.3 Å². The van der Waals surface area contributed by atoms with Gasteiger partial charge in [-0.1, -0.05) is 0 Å². The molecule has 3 heterocycles. The van der Waals surface area contributed by atoms with Gasteiger partial charge in [-0.05, 0) is 62.9 Å². The highest BCUT2D eigenvalue weighted by molar-refractivity contribution is 5.78. The summed E-state index contributed by atoms with van der Waals surface area (Å²) in [4.78, 5) is 20.8. The van der Waals surface area contributed by atoms with E-state index >= 15 is 0 Å². The van der Waals surface area contributed by atoms with Crippen molar-refractivity contribution in [2.24, 2.45) is 5.92 Å². The predicted molar refractivity (Wildman–Crippen MR) is 105 cm³/mol. The number of aromatic nitrogens is 1. The predicted octanol–water partition coefficient (Wildman–Crippen LogP) is 4.50. The van der Waals surface area contributed by atoms with E-state index in [2.05, 4.69) is 9.88 Å². The van der Waals surface area contributed by atoms with Gasteiger partial charge in [0.25, 0.3) is 0 Å². The van der Waals surface area contributed by atoms with Gasteiger partial charge in [0, 0.05) is 38.2 Å². The molecule has 0 saturated carbocycles. The SMILES string of the molecule is Cc1oc(-c2ccc(C(F)(F)F)cc2)nc1CN1CCC[C@@H](CN2CCCC2=O)C1. The molecule has 162 valence electrons. The Balaban J connectivity index is 1.40. The zero-order valence-corrected chi connectivity index (χ0v) is 17.0. The van der Waals surface area contributed by atoms with E-state index in [0.717, 1.165) is 63.3 Å². The molecule has 2 fully saturated rings. The third-order valence-electron chi connectivity index (χ3n) is 5.98. The van der Waals surface area contributed by atoms with E-state index < -0.39 is 11.7 Å². The largest absolute Gasteiger partial charge is 0.441 e. The van der Waals surface area contributed by atoms with Crippen LogP contribution in [0.2, 0.25) is 0 Å². The van der Waals surface area contributed by atoms with Crippen LogP contribution in [0.15, 0.2) is 28.7 Å². The fourth-order valence-corrected chi connectivity index (χ4v) is 4.36. The summed E-state index contributed by atoms with van der Waals surface area (Å²) in [6, 6.07) is 4.87. The van der Waals surface area contributed by atoms with E-state index in [1.165, 1.54) is 12.1 Å². The lowest BCUT2D eigenvalue weighted by Gasteiger charge is -2.34. The molecule has 4 rings (SSSR count). The topological polar surface area (TPSA) is 49.6 Å². The van der Waals surface area contributed by atoms with E-state index in [0.29, 0.717) is 36.1 Å². The van der Waals surface area contributed by atoms with Gasteiger partial charge < -0.3 is 9.32 Å². The third-order valence-corrected chi connectivity index (χ3v) is 5.98. The fraction of sp³-hybridized carbons (Fsp3) is 0.545. The van der Waals surface area contributed by atoms with Crippen LogP contribution in [-0.2, 0) is 17.5 Å². The lowest BCUT2D eigenvalue weighted by molar-refractivity contribution is -0.137. The first kappa shape index (κ1) is 20.9. The number of aryl methyl sites for hydroxylation is 1. The highest BCUT2D eigenvalue weighted by atomic mass is 19.4. The van der Waals surface area contributed by atoms with E-state index in [4.69, 9.17) is 4.42 Å². The number of benzene rings is 1. The van der Waals surface area contributed by atoms with Crippen LogP contribution >= 0.6 is 0 Å². The smallest absolute Gasteiger partial charge is 0.416 e. The molecule has 2 aromatic rings. The van der Waals surface area contributed by atoms with Gasteiger partial charge in [-0.2, -0.15) is 13.2 Å². The van der Waals surface area contributed by atoms with E-state index in [-0.39, 0.29) is 5.91 Å². The second-order valence-corrected chi connectivity index (χ2v) is 8.28. The van der Waals surface area contributed by atoms with Crippen molar-refractivity contribution in [2.45, 2.75) is 45.3 Å². The standard InChI is InChI=1S/C22H26F3N3O2/c1-15-19(26-21(30-15)17-6-8-18(9-7-17)22(23,24)25)14-27-10-2-4-16(12-27)13-28-11-3-5-20(28)29/h6-9,16H,2-5,10-14H2,1H3/t16-/m1/s1. The zero-order valence-electron chi connectivity index (χ0n) is 17.0. The lowest BCUT2D eigenvalue weighted by atomic mass is 9.97. The molecule has 0 radical (unpaired) electrons. The Morgan fingerprint density at radius 1 is 1.17 bits per heavy atom. The van der Waals surface area contributed by atoms with Gasteiger partial charge in [-0.3, -0.25) is 9.69 Å². The number of oxazole rings is 1. The molecule has 0 N–H and O–H groups in total. The monoisotopic (exact) mass is 421 g/mol. The molecular weight excluding hydrogens is 395 g/mol. The number of hydrogen-bond donors (Lipinski definition) is 0. The van der Waals surface area contributed by atoms with Crippen molar-refractivity contribution < 1.29 is 22.4 Å². The van der Waals surface area contributed by atoms with E-state index in [1.54, 1.807) is 0 Å². The number of carbonyl (C=O) groups excluding carboxylic acids is 1. The molecule has 8 heteroatoms. The molecule has 1 amide bonds. The molecule has 0 aliphatic carbocycles. The van der Waals surface area contributed by atoms with Gasteiger partial charge in [0.2, 0.25) is 11.8 Å². The summed E-state index contributed by atoms with van der Waals surface area (Å²) in [5.41, 5.74) is 0.648. The van der Waals surface area contributed by atoms with Crippen LogP contribution in [0, 0.1) is 12.8 Å². The Hall–Kier alpha value is -2.35. The van der Waals surface area contributed by atoms with Crippen LogP contribution in [0.4, 0.5) is 13.2 Å². The number of likely N-dealkylation sites (tertiary alicyclic amines) is 2. The highest BCUT2D eigenvalue weighted by Gasteiger charge is 2.30.